The number of piperazine rings is 1. The quantitative estimate of drug-likeness (QED) is 0.715. The smallest absolute Gasteiger partial charge is 0.249 e. The summed E-state index contributed by atoms with van der Waals surface area (Å²) in [6, 6.07) is 10.9. The molecular formula is C18H19F2N4O2S+. The van der Waals surface area contributed by atoms with Crippen molar-refractivity contribution >= 4 is 21.1 Å². The van der Waals surface area contributed by atoms with Crippen molar-refractivity contribution in [1.29, 1.82) is 0 Å². The van der Waals surface area contributed by atoms with Crippen molar-refractivity contribution in [2.24, 2.45) is 0 Å². The highest BCUT2D eigenvalue weighted by Crippen LogP contribution is 2.22. The molecule has 0 amide bonds. The van der Waals surface area contributed by atoms with Crippen LogP contribution in [0.25, 0.3) is 11.0 Å². The fraction of sp³-hybridized carbons (Fsp3) is 0.278. The van der Waals surface area contributed by atoms with E-state index in [2.05, 4.69) is 4.98 Å². The standard InChI is InChI=1S/C18H18F2N4O2S/c19-14-4-3-5-15(20)18(14)27(25,26)24-10-8-22(9-11-24)13-23-12-21-16-6-1-2-7-17(16)23/h1-7,12H,8-11,13H2/p+1. The number of fused-ring (bicyclic) bond motifs is 1. The predicted octanol–water partition coefficient (Wildman–Crippen LogP) is 0.861. The number of hydrogen-bond donors (Lipinski definition) is 1. The molecular weight excluding hydrogens is 374 g/mol. The van der Waals surface area contributed by atoms with Crippen LogP contribution in [0.5, 0.6) is 0 Å². The van der Waals surface area contributed by atoms with Crippen molar-refractivity contribution in [3.05, 3.63) is 60.4 Å². The number of hydrogen-bond acceptors (Lipinski definition) is 3. The minimum atomic E-state index is -4.19. The third kappa shape index (κ3) is 3.33. The molecule has 6 nitrogen and oxygen atoms in total. The number of rotatable bonds is 4. The van der Waals surface area contributed by atoms with E-state index in [1.165, 1.54) is 4.90 Å². The molecule has 3 aromatic rings. The fourth-order valence-electron chi connectivity index (χ4n) is 3.44. The van der Waals surface area contributed by atoms with Crippen LogP contribution < -0.4 is 4.90 Å². The number of imidazole rings is 1. The zero-order valence-corrected chi connectivity index (χ0v) is 15.3. The van der Waals surface area contributed by atoms with Gasteiger partial charge < -0.3 is 4.90 Å². The minimum Gasteiger partial charge on any atom is -0.315 e. The lowest BCUT2D eigenvalue weighted by Gasteiger charge is -2.31. The first-order valence-corrected chi connectivity index (χ1v) is 10.1. The topological polar surface area (TPSA) is 59.6 Å². The molecule has 1 aliphatic heterocycles. The van der Waals surface area contributed by atoms with E-state index in [1.54, 1.807) is 6.33 Å². The summed E-state index contributed by atoms with van der Waals surface area (Å²) in [5.74, 6) is -2.12. The zero-order valence-electron chi connectivity index (χ0n) is 14.5. The Balaban J connectivity index is 1.47. The highest BCUT2D eigenvalue weighted by atomic mass is 32.2. The summed E-state index contributed by atoms with van der Waals surface area (Å²) in [6.07, 6.45) is 1.77. The second-order valence-electron chi connectivity index (χ2n) is 6.57. The van der Waals surface area contributed by atoms with Crippen LogP contribution >= 0.6 is 0 Å². The average molecular weight is 393 g/mol. The molecule has 1 aliphatic rings. The molecule has 4 rings (SSSR count). The molecule has 0 saturated carbocycles. The van der Waals surface area contributed by atoms with Crippen molar-refractivity contribution in [2.75, 3.05) is 26.2 Å². The van der Waals surface area contributed by atoms with Crippen molar-refractivity contribution in [1.82, 2.24) is 13.9 Å². The van der Waals surface area contributed by atoms with E-state index >= 15 is 0 Å². The fourth-order valence-corrected chi connectivity index (χ4v) is 4.99. The number of sulfonamides is 1. The monoisotopic (exact) mass is 393 g/mol. The van der Waals surface area contributed by atoms with Gasteiger partial charge in [0.05, 0.1) is 37.2 Å². The van der Waals surface area contributed by atoms with Gasteiger partial charge in [0.15, 0.2) is 11.6 Å². The van der Waals surface area contributed by atoms with Gasteiger partial charge in [-0.05, 0) is 24.3 Å². The first kappa shape index (κ1) is 18.0. The normalized spacial score (nSPS) is 16.8. The number of aromatic nitrogens is 2. The van der Waals surface area contributed by atoms with Gasteiger partial charge in [0.25, 0.3) is 0 Å². The lowest BCUT2D eigenvalue weighted by atomic mass is 10.3. The Bertz CT molecular complexity index is 1060. The van der Waals surface area contributed by atoms with Crippen molar-refractivity contribution < 1.29 is 22.1 Å². The third-order valence-electron chi connectivity index (χ3n) is 4.87. The van der Waals surface area contributed by atoms with E-state index in [-0.39, 0.29) is 13.1 Å². The van der Waals surface area contributed by atoms with E-state index in [0.29, 0.717) is 19.8 Å². The Labute approximate surface area is 155 Å². The van der Waals surface area contributed by atoms with Gasteiger partial charge in [-0.25, -0.2) is 22.2 Å². The second kappa shape index (κ2) is 6.99. The Morgan fingerprint density at radius 1 is 1.00 bits per heavy atom. The summed E-state index contributed by atoms with van der Waals surface area (Å²) < 4.78 is 56.3. The van der Waals surface area contributed by atoms with Crippen LogP contribution in [0.3, 0.4) is 0 Å². The molecule has 142 valence electrons. The van der Waals surface area contributed by atoms with Crippen molar-refractivity contribution in [2.45, 2.75) is 11.6 Å². The largest absolute Gasteiger partial charge is 0.315 e. The lowest BCUT2D eigenvalue weighted by molar-refractivity contribution is -0.925. The number of quaternary nitrogens is 1. The molecule has 1 N–H and O–H groups in total. The molecule has 27 heavy (non-hydrogen) atoms. The van der Waals surface area contributed by atoms with E-state index < -0.39 is 26.6 Å². The molecule has 9 heteroatoms. The van der Waals surface area contributed by atoms with Crippen molar-refractivity contribution in [3.63, 3.8) is 0 Å². The number of benzene rings is 2. The van der Waals surface area contributed by atoms with Gasteiger partial charge in [-0.2, -0.15) is 4.31 Å². The molecule has 1 saturated heterocycles. The van der Waals surface area contributed by atoms with E-state index in [0.717, 1.165) is 33.5 Å². The first-order valence-electron chi connectivity index (χ1n) is 8.64. The summed E-state index contributed by atoms with van der Waals surface area (Å²) in [7, 11) is -4.19. The third-order valence-corrected chi connectivity index (χ3v) is 6.82. The molecule has 0 radical (unpaired) electrons. The van der Waals surface area contributed by atoms with Crippen molar-refractivity contribution in [3.8, 4) is 0 Å². The second-order valence-corrected chi connectivity index (χ2v) is 8.44. The van der Waals surface area contributed by atoms with Crippen LogP contribution in [0.1, 0.15) is 0 Å². The van der Waals surface area contributed by atoms with E-state index in [9.17, 15) is 17.2 Å². The molecule has 0 spiro atoms. The lowest BCUT2D eigenvalue weighted by Crippen LogP contribution is -3.14. The molecule has 1 fully saturated rings. The van der Waals surface area contributed by atoms with Gasteiger partial charge in [0, 0.05) is 0 Å². The summed E-state index contributed by atoms with van der Waals surface area (Å²) >= 11 is 0. The number of para-hydroxylation sites is 2. The van der Waals surface area contributed by atoms with Gasteiger partial charge in [-0.3, -0.25) is 4.57 Å². The first-order chi connectivity index (χ1) is 13.0. The molecule has 1 aromatic heterocycles. The maximum Gasteiger partial charge on any atom is 0.249 e. The highest BCUT2D eigenvalue weighted by molar-refractivity contribution is 7.89. The number of nitrogens with zero attached hydrogens (tertiary/aromatic N) is 3. The number of nitrogens with one attached hydrogen (secondary N) is 1. The van der Waals surface area contributed by atoms with Gasteiger partial charge in [0.2, 0.25) is 10.0 Å². The van der Waals surface area contributed by atoms with E-state index in [4.69, 9.17) is 0 Å². The van der Waals surface area contributed by atoms with Crippen LogP contribution in [0, 0.1) is 11.6 Å². The van der Waals surface area contributed by atoms with Gasteiger partial charge >= 0.3 is 0 Å². The SMILES string of the molecule is O=S(=O)(c1c(F)cccc1F)N1CC[NH+](Cn2cnc3ccccc32)CC1. The van der Waals surface area contributed by atoms with Crippen LogP contribution in [-0.2, 0) is 16.7 Å². The Hall–Kier alpha value is -2.36. The number of halogens is 2. The predicted molar refractivity (Wildman–Crippen MR) is 95.5 cm³/mol. The molecule has 0 unspecified atom stereocenters. The molecule has 0 aliphatic carbocycles. The van der Waals surface area contributed by atoms with Gasteiger partial charge in [-0.15, -0.1) is 0 Å². The summed E-state index contributed by atoms with van der Waals surface area (Å²) in [6.45, 7) is 2.15. The van der Waals surface area contributed by atoms with E-state index in [1.807, 2.05) is 28.8 Å². The van der Waals surface area contributed by atoms with Crippen LogP contribution in [-0.4, -0.2) is 48.5 Å². The van der Waals surface area contributed by atoms with Gasteiger partial charge in [0.1, 0.15) is 18.0 Å². The Morgan fingerprint density at radius 3 is 2.37 bits per heavy atom. The molecule has 2 heterocycles. The molecule has 2 aromatic carbocycles. The Morgan fingerprint density at radius 2 is 1.67 bits per heavy atom. The summed E-state index contributed by atoms with van der Waals surface area (Å²) in [4.78, 5) is 4.67. The highest BCUT2D eigenvalue weighted by Gasteiger charge is 2.34. The van der Waals surface area contributed by atoms with Crippen LogP contribution in [0.2, 0.25) is 0 Å². The summed E-state index contributed by atoms with van der Waals surface area (Å²) in [5.41, 5.74) is 1.93. The average Bonchev–Trinajstić information content (AvgIpc) is 3.05. The van der Waals surface area contributed by atoms with Crippen LogP contribution in [0.15, 0.2) is 53.7 Å². The maximum absolute atomic E-state index is 13.9. The summed E-state index contributed by atoms with van der Waals surface area (Å²) in [5, 5.41) is 0. The molecule has 0 atom stereocenters. The molecule has 0 bridgehead atoms. The van der Waals surface area contributed by atoms with Gasteiger partial charge in [-0.1, -0.05) is 18.2 Å². The minimum absolute atomic E-state index is 0.206. The Kier molecular flexibility index (Phi) is 4.67. The van der Waals surface area contributed by atoms with Crippen LogP contribution in [0.4, 0.5) is 8.78 Å². The maximum atomic E-state index is 13.9. The zero-order chi connectivity index (χ0) is 19.0.